The molecule has 3 rings (SSSR count). The van der Waals surface area contributed by atoms with E-state index in [1.165, 1.54) is 28.8 Å². The van der Waals surface area contributed by atoms with Gasteiger partial charge in [-0.05, 0) is 80.6 Å². The van der Waals surface area contributed by atoms with Gasteiger partial charge in [-0.1, -0.05) is 48.4 Å². The number of aryl methyl sites for hydroxylation is 1. The summed E-state index contributed by atoms with van der Waals surface area (Å²) in [6.45, 7) is 5.55. The lowest BCUT2D eigenvalue weighted by atomic mass is 10.1. The van der Waals surface area contributed by atoms with Gasteiger partial charge in [0.05, 0.1) is 10.6 Å². The van der Waals surface area contributed by atoms with Crippen molar-refractivity contribution in [1.29, 1.82) is 0 Å². The van der Waals surface area contributed by atoms with Crippen molar-refractivity contribution in [3.63, 3.8) is 0 Å². The normalized spacial score (nSPS) is 12.0. The Morgan fingerprint density at radius 2 is 1.69 bits per heavy atom. The lowest BCUT2D eigenvalue weighted by molar-refractivity contribution is -0.139. The van der Waals surface area contributed by atoms with Crippen molar-refractivity contribution < 1.29 is 18.0 Å². The molecule has 0 aliphatic carbocycles. The zero-order valence-electron chi connectivity index (χ0n) is 22.6. The predicted molar refractivity (Wildman–Crippen MR) is 159 cm³/mol. The van der Waals surface area contributed by atoms with Crippen LogP contribution in [0.2, 0.25) is 5.02 Å². The van der Waals surface area contributed by atoms with Crippen LogP contribution in [0.1, 0.15) is 31.4 Å². The average molecular weight is 588 g/mol. The highest BCUT2D eigenvalue weighted by Gasteiger charge is 2.32. The van der Waals surface area contributed by atoms with E-state index in [-0.39, 0.29) is 17.3 Å². The van der Waals surface area contributed by atoms with Crippen LogP contribution < -0.4 is 9.62 Å². The summed E-state index contributed by atoms with van der Waals surface area (Å²) in [6.07, 6.45) is 2.66. The second kappa shape index (κ2) is 13.9. The quantitative estimate of drug-likeness (QED) is 0.282. The first-order valence-electron chi connectivity index (χ1n) is 12.6. The van der Waals surface area contributed by atoms with E-state index in [4.69, 9.17) is 11.6 Å². The number of carbonyl (C=O) groups is 2. The molecule has 208 valence electrons. The van der Waals surface area contributed by atoms with E-state index in [0.717, 1.165) is 26.7 Å². The Labute approximate surface area is 240 Å². The summed E-state index contributed by atoms with van der Waals surface area (Å²) >= 11 is 7.68. The zero-order valence-corrected chi connectivity index (χ0v) is 24.9. The molecule has 1 atom stereocenters. The molecule has 0 saturated carbocycles. The van der Waals surface area contributed by atoms with Crippen LogP contribution in [-0.4, -0.2) is 50.5 Å². The summed E-state index contributed by atoms with van der Waals surface area (Å²) in [5.41, 5.74) is 2.03. The van der Waals surface area contributed by atoms with Crippen molar-refractivity contribution in [2.45, 2.75) is 49.6 Å². The van der Waals surface area contributed by atoms with E-state index in [0.29, 0.717) is 17.3 Å². The number of hydrogen-bond donors (Lipinski definition) is 1. The highest BCUT2D eigenvalue weighted by Crippen LogP contribution is 2.26. The number of benzene rings is 3. The van der Waals surface area contributed by atoms with Crippen molar-refractivity contribution in [2.75, 3.05) is 23.7 Å². The van der Waals surface area contributed by atoms with Gasteiger partial charge in [0, 0.05) is 23.0 Å². The fourth-order valence-electron chi connectivity index (χ4n) is 3.93. The molecule has 0 saturated heterocycles. The van der Waals surface area contributed by atoms with E-state index in [1.807, 2.05) is 26.2 Å². The molecule has 1 N–H and O–H groups in total. The maximum atomic E-state index is 13.9. The minimum absolute atomic E-state index is 0.0730. The molecule has 2 amide bonds. The first-order valence-corrected chi connectivity index (χ1v) is 15.7. The number of halogens is 1. The van der Waals surface area contributed by atoms with Crippen molar-refractivity contribution in [2.24, 2.45) is 0 Å². The lowest BCUT2D eigenvalue weighted by Crippen LogP contribution is -2.51. The van der Waals surface area contributed by atoms with Gasteiger partial charge < -0.3 is 10.2 Å². The van der Waals surface area contributed by atoms with Gasteiger partial charge in [-0.3, -0.25) is 13.9 Å². The van der Waals surface area contributed by atoms with Crippen LogP contribution in [0.5, 0.6) is 0 Å². The highest BCUT2D eigenvalue weighted by atomic mass is 35.5. The van der Waals surface area contributed by atoms with E-state index in [2.05, 4.69) is 5.32 Å². The fraction of sp³-hybridized carbons (Fsp3) is 0.310. The molecule has 3 aromatic rings. The van der Waals surface area contributed by atoms with Crippen molar-refractivity contribution in [3.8, 4) is 0 Å². The number of hydrogen-bond acceptors (Lipinski definition) is 5. The molecule has 39 heavy (non-hydrogen) atoms. The van der Waals surface area contributed by atoms with Crippen LogP contribution in [0.15, 0.2) is 82.6 Å². The van der Waals surface area contributed by atoms with Crippen LogP contribution in [0.4, 0.5) is 5.69 Å². The summed E-state index contributed by atoms with van der Waals surface area (Å²) in [6, 6.07) is 19.7. The largest absolute Gasteiger partial charge is 0.354 e. The van der Waals surface area contributed by atoms with Gasteiger partial charge in [0.25, 0.3) is 10.0 Å². The van der Waals surface area contributed by atoms with Crippen LogP contribution in [0, 0.1) is 6.92 Å². The third-order valence-electron chi connectivity index (χ3n) is 6.21. The molecule has 0 fully saturated rings. The number of anilines is 1. The third kappa shape index (κ3) is 8.00. The Kier molecular flexibility index (Phi) is 10.9. The van der Waals surface area contributed by atoms with Gasteiger partial charge >= 0.3 is 0 Å². The molecule has 0 spiro atoms. The second-order valence-electron chi connectivity index (χ2n) is 9.14. The first-order chi connectivity index (χ1) is 18.6. The smallest absolute Gasteiger partial charge is 0.264 e. The monoisotopic (exact) mass is 587 g/mol. The maximum absolute atomic E-state index is 13.9. The molecule has 0 aliphatic heterocycles. The Bertz CT molecular complexity index is 1380. The Hall–Kier alpha value is -3.01. The Morgan fingerprint density at radius 3 is 2.28 bits per heavy atom. The van der Waals surface area contributed by atoms with Crippen LogP contribution in [-0.2, 0) is 26.2 Å². The number of carbonyl (C=O) groups excluding carboxylic acids is 2. The number of thioether (sulfide) groups is 1. The third-order valence-corrected chi connectivity index (χ3v) is 8.97. The minimum atomic E-state index is -4.11. The molecule has 0 unspecified atom stereocenters. The number of rotatable bonds is 12. The molecular weight excluding hydrogens is 554 g/mol. The summed E-state index contributed by atoms with van der Waals surface area (Å²) < 4.78 is 28.9. The topological polar surface area (TPSA) is 86.8 Å². The van der Waals surface area contributed by atoms with Crippen molar-refractivity contribution in [1.82, 2.24) is 10.2 Å². The van der Waals surface area contributed by atoms with Gasteiger partial charge in [-0.15, -0.1) is 11.8 Å². The van der Waals surface area contributed by atoms with E-state index >= 15 is 0 Å². The van der Waals surface area contributed by atoms with Crippen molar-refractivity contribution in [3.05, 3.63) is 88.9 Å². The first kappa shape index (κ1) is 30.5. The number of nitrogens with one attached hydrogen (secondary N) is 1. The molecule has 0 aromatic heterocycles. The second-order valence-corrected chi connectivity index (χ2v) is 12.3. The van der Waals surface area contributed by atoms with Gasteiger partial charge in [0.1, 0.15) is 12.6 Å². The SMILES string of the molecule is CCCNC(=O)[C@@H](C)N(Cc1cccc(Cl)c1)C(=O)CN(c1ccc(C)cc1)S(=O)(=O)c1ccc(SC)cc1. The molecule has 3 aromatic carbocycles. The van der Waals surface area contributed by atoms with E-state index in [9.17, 15) is 18.0 Å². The predicted octanol–water partition coefficient (Wildman–Crippen LogP) is 5.51. The summed E-state index contributed by atoms with van der Waals surface area (Å²) in [5.74, 6) is -0.830. The molecule has 7 nitrogen and oxygen atoms in total. The van der Waals surface area contributed by atoms with Gasteiger partial charge in [0.2, 0.25) is 11.8 Å². The minimum Gasteiger partial charge on any atom is -0.354 e. The molecule has 0 heterocycles. The van der Waals surface area contributed by atoms with Crippen LogP contribution >= 0.6 is 23.4 Å². The standard InChI is InChI=1S/C29H34ClN3O4S2/c1-5-17-31-29(35)22(3)32(19-23-7-6-8-24(30)18-23)28(34)20-33(25-11-9-21(2)10-12-25)39(36,37)27-15-13-26(38-4)14-16-27/h6-16,18,22H,5,17,19-20H2,1-4H3,(H,31,35)/t22-/m1/s1. The van der Waals surface area contributed by atoms with Crippen LogP contribution in [0.3, 0.4) is 0 Å². The number of amides is 2. The molecule has 0 radical (unpaired) electrons. The van der Waals surface area contributed by atoms with E-state index < -0.39 is 28.5 Å². The van der Waals surface area contributed by atoms with Gasteiger partial charge in [-0.25, -0.2) is 8.42 Å². The number of nitrogens with zero attached hydrogens (tertiary/aromatic N) is 2. The summed E-state index contributed by atoms with van der Waals surface area (Å²) in [7, 11) is -4.11. The summed E-state index contributed by atoms with van der Waals surface area (Å²) in [4.78, 5) is 29.2. The Morgan fingerprint density at radius 1 is 1.03 bits per heavy atom. The highest BCUT2D eigenvalue weighted by molar-refractivity contribution is 7.98. The Balaban J connectivity index is 2.01. The number of sulfonamides is 1. The van der Waals surface area contributed by atoms with E-state index in [1.54, 1.807) is 61.5 Å². The molecule has 0 bridgehead atoms. The maximum Gasteiger partial charge on any atom is 0.264 e. The molecule has 0 aliphatic rings. The van der Waals surface area contributed by atoms with Gasteiger partial charge in [-0.2, -0.15) is 0 Å². The van der Waals surface area contributed by atoms with Crippen molar-refractivity contribution >= 4 is 50.9 Å². The lowest BCUT2D eigenvalue weighted by Gasteiger charge is -2.32. The van der Waals surface area contributed by atoms with Gasteiger partial charge in [0.15, 0.2) is 0 Å². The summed E-state index contributed by atoms with van der Waals surface area (Å²) in [5, 5.41) is 3.33. The molecule has 10 heteroatoms. The van der Waals surface area contributed by atoms with Crippen LogP contribution in [0.25, 0.3) is 0 Å². The zero-order chi connectivity index (χ0) is 28.6. The fourth-order valence-corrected chi connectivity index (χ4v) is 5.96. The average Bonchev–Trinajstić information content (AvgIpc) is 2.93. The molecular formula is C29H34ClN3O4S2.